The zero-order valence-corrected chi connectivity index (χ0v) is 16.4. The van der Waals surface area contributed by atoms with Gasteiger partial charge >= 0.3 is 0 Å². The van der Waals surface area contributed by atoms with Crippen LogP contribution in [0.1, 0.15) is 22.8 Å². The summed E-state index contributed by atoms with van der Waals surface area (Å²) in [4.78, 5) is 28.7. The number of ether oxygens (including phenoxy) is 1. The van der Waals surface area contributed by atoms with E-state index in [1.54, 1.807) is 18.1 Å². The molecule has 1 unspecified atom stereocenters. The smallest absolute Gasteiger partial charge is 0.257 e. The molecule has 1 saturated heterocycles. The van der Waals surface area contributed by atoms with E-state index >= 15 is 0 Å². The number of hydrogen-bond acceptors (Lipinski definition) is 5. The van der Waals surface area contributed by atoms with Crippen LogP contribution in [-0.2, 0) is 11.2 Å². The number of piperazine rings is 1. The Kier molecular flexibility index (Phi) is 6.71. The lowest BCUT2D eigenvalue weighted by Gasteiger charge is -2.37. The predicted octanol–water partition coefficient (Wildman–Crippen LogP) is 1.79. The minimum atomic E-state index is -0.220. The second kappa shape index (κ2) is 9.41. The largest absolute Gasteiger partial charge is 0.497 e. The summed E-state index contributed by atoms with van der Waals surface area (Å²) in [5.41, 5.74) is 1.72. The zero-order valence-electron chi connectivity index (χ0n) is 16.4. The fourth-order valence-electron chi connectivity index (χ4n) is 3.32. The van der Waals surface area contributed by atoms with Gasteiger partial charge < -0.3 is 19.4 Å². The molecule has 1 aliphatic heterocycles. The van der Waals surface area contributed by atoms with E-state index in [2.05, 4.69) is 10.2 Å². The van der Waals surface area contributed by atoms with Gasteiger partial charge in [-0.1, -0.05) is 12.1 Å². The Morgan fingerprint density at radius 1 is 1.14 bits per heavy atom. The molecule has 1 aliphatic rings. The third kappa shape index (κ3) is 4.92. The van der Waals surface area contributed by atoms with Gasteiger partial charge in [0.25, 0.3) is 5.91 Å². The van der Waals surface area contributed by atoms with Crippen LogP contribution in [-0.4, -0.2) is 67.5 Å². The molecule has 0 radical (unpaired) electrons. The maximum atomic E-state index is 12.5. The lowest BCUT2D eigenvalue weighted by molar-refractivity contribution is -0.126. The molecule has 2 aromatic rings. The molecule has 1 N–H and O–H groups in total. The van der Waals surface area contributed by atoms with Gasteiger partial charge in [0.2, 0.25) is 5.91 Å². The van der Waals surface area contributed by atoms with E-state index in [1.165, 1.54) is 12.5 Å². The topological polar surface area (TPSA) is 75.0 Å². The maximum Gasteiger partial charge on any atom is 0.257 e. The van der Waals surface area contributed by atoms with Crippen molar-refractivity contribution in [1.82, 2.24) is 15.1 Å². The van der Waals surface area contributed by atoms with Crippen molar-refractivity contribution in [3.63, 3.8) is 0 Å². The summed E-state index contributed by atoms with van der Waals surface area (Å²) in [6.45, 7) is 5.07. The minimum Gasteiger partial charge on any atom is -0.497 e. The second-order valence-corrected chi connectivity index (χ2v) is 6.91. The molecule has 0 bridgehead atoms. The Balaban J connectivity index is 1.40. The van der Waals surface area contributed by atoms with Crippen LogP contribution in [0.15, 0.2) is 47.3 Å². The highest BCUT2D eigenvalue weighted by molar-refractivity contribution is 5.93. The van der Waals surface area contributed by atoms with Crippen LogP contribution in [0.25, 0.3) is 0 Å². The third-order valence-corrected chi connectivity index (χ3v) is 5.17. The number of methoxy groups -OCH3 is 1. The first kappa shape index (κ1) is 19.9. The van der Waals surface area contributed by atoms with Crippen LogP contribution in [0, 0.1) is 0 Å². The summed E-state index contributed by atoms with van der Waals surface area (Å²) >= 11 is 0. The molecule has 1 fully saturated rings. The number of nitrogens with zero attached hydrogens (tertiary/aromatic N) is 2. The highest BCUT2D eigenvalue weighted by atomic mass is 16.5. The maximum absolute atomic E-state index is 12.5. The number of rotatable bonds is 7. The molecule has 0 spiro atoms. The number of nitrogens with one attached hydrogen (secondary N) is 1. The summed E-state index contributed by atoms with van der Waals surface area (Å²) in [6, 6.07) is 9.30. The van der Waals surface area contributed by atoms with E-state index in [4.69, 9.17) is 9.15 Å². The average Bonchev–Trinajstić information content (AvgIpc) is 3.28. The van der Waals surface area contributed by atoms with E-state index < -0.39 is 0 Å². The Hall–Kier alpha value is -2.80. The van der Waals surface area contributed by atoms with Crippen molar-refractivity contribution in [3.05, 3.63) is 54.0 Å². The molecule has 1 aromatic carbocycles. The molecular weight excluding hydrogens is 358 g/mol. The molecule has 1 atom stereocenters. The van der Waals surface area contributed by atoms with Crippen molar-refractivity contribution >= 4 is 11.8 Å². The van der Waals surface area contributed by atoms with Gasteiger partial charge in [0, 0.05) is 32.7 Å². The van der Waals surface area contributed by atoms with Crippen LogP contribution < -0.4 is 10.1 Å². The number of carbonyl (C=O) groups is 2. The van der Waals surface area contributed by atoms with Crippen molar-refractivity contribution in [1.29, 1.82) is 0 Å². The van der Waals surface area contributed by atoms with Gasteiger partial charge in [0.15, 0.2) is 0 Å². The van der Waals surface area contributed by atoms with Gasteiger partial charge in [-0.15, -0.1) is 0 Å². The van der Waals surface area contributed by atoms with E-state index in [-0.39, 0.29) is 17.9 Å². The Bertz CT molecular complexity index is 765. The number of amides is 2. The van der Waals surface area contributed by atoms with E-state index in [9.17, 15) is 9.59 Å². The Morgan fingerprint density at radius 2 is 1.86 bits per heavy atom. The molecule has 0 aliphatic carbocycles. The standard InChI is InChI=1S/C21H27N3O4/c1-16(20(25)22-9-7-17-3-5-19(27-2)6-4-17)23-10-12-24(13-11-23)21(26)18-8-14-28-15-18/h3-6,8,14-16H,7,9-13H2,1-2H3,(H,22,25). The second-order valence-electron chi connectivity index (χ2n) is 6.91. The molecule has 0 saturated carbocycles. The first-order valence-corrected chi connectivity index (χ1v) is 9.54. The summed E-state index contributed by atoms with van der Waals surface area (Å²) < 4.78 is 10.1. The van der Waals surface area contributed by atoms with Gasteiger partial charge in [-0.3, -0.25) is 14.5 Å². The number of benzene rings is 1. The van der Waals surface area contributed by atoms with Gasteiger partial charge in [0.05, 0.1) is 25.0 Å². The predicted molar refractivity (Wildman–Crippen MR) is 105 cm³/mol. The summed E-state index contributed by atoms with van der Waals surface area (Å²) in [6.07, 6.45) is 3.74. The van der Waals surface area contributed by atoms with Crippen LogP contribution in [0.2, 0.25) is 0 Å². The van der Waals surface area contributed by atoms with Crippen molar-refractivity contribution < 1.29 is 18.7 Å². The van der Waals surface area contributed by atoms with E-state index in [0.717, 1.165) is 17.7 Å². The third-order valence-electron chi connectivity index (χ3n) is 5.17. The fraction of sp³-hybridized carbons (Fsp3) is 0.429. The Labute approximate surface area is 165 Å². The molecule has 28 heavy (non-hydrogen) atoms. The van der Waals surface area contributed by atoms with E-state index in [0.29, 0.717) is 38.3 Å². The van der Waals surface area contributed by atoms with Crippen molar-refractivity contribution in [2.24, 2.45) is 0 Å². The van der Waals surface area contributed by atoms with Crippen LogP contribution in [0.4, 0.5) is 0 Å². The average molecular weight is 385 g/mol. The molecule has 150 valence electrons. The number of carbonyl (C=O) groups excluding carboxylic acids is 2. The van der Waals surface area contributed by atoms with Crippen LogP contribution in [0.3, 0.4) is 0 Å². The lowest BCUT2D eigenvalue weighted by atomic mass is 10.1. The normalized spacial score (nSPS) is 15.9. The van der Waals surface area contributed by atoms with Crippen molar-refractivity contribution in [2.75, 3.05) is 39.8 Å². The van der Waals surface area contributed by atoms with Gasteiger partial charge in [-0.05, 0) is 37.1 Å². The quantitative estimate of drug-likeness (QED) is 0.787. The molecule has 7 heteroatoms. The van der Waals surface area contributed by atoms with Crippen LogP contribution >= 0.6 is 0 Å². The molecule has 3 rings (SSSR count). The molecule has 1 aromatic heterocycles. The summed E-state index contributed by atoms with van der Waals surface area (Å²) in [7, 11) is 1.64. The molecule has 7 nitrogen and oxygen atoms in total. The van der Waals surface area contributed by atoms with Gasteiger partial charge in [-0.2, -0.15) is 0 Å². The zero-order chi connectivity index (χ0) is 19.9. The summed E-state index contributed by atoms with van der Waals surface area (Å²) in [5, 5.41) is 3.01. The van der Waals surface area contributed by atoms with Crippen LogP contribution in [0.5, 0.6) is 5.75 Å². The molecular formula is C21H27N3O4. The fourth-order valence-corrected chi connectivity index (χ4v) is 3.32. The highest BCUT2D eigenvalue weighted by Gasteiger charge is 2.28. The Morgan fingerprint density at radius 3 is 2.46 bits per heavy atom. The molecule has 2 heterocycles. The van der Waals surface area contributed by atoms with Crippen molar-refractivity contribution in [2.45, 2.75) is 19.4 Å². The monoisotopic (exact) mass is 385 g/mol. The van der Waals surface area contributed by atoms with Crippen molar-refractivity contribution in [3.8, 4) is 5.75 Å². The molecule has 2 amide bonds. The lowest BCUT2D eigenvalue weighted by Crippen LogP contribution is -2.55. The number of furan rings is 1. The first-order valence-electron chi connectivity index (χ1n) is 9.54. The number of hydrogen-bond donors (Lipinski definition) is 1. The van der Waals surface area contributed by atoms with Gasteiger partial charge in [-0.25, -0.2) is 0 Å². The SMILES string of the molecule is COc1ccc(CCNC(=O)C(C)N2CCN(C(=O)c3ccoc3)CC2)cc1. The van der Waals surface area contributed by atoms with E-state index in [1.807, 2.05) is 31.2 Å². The summed E-state index contributed by atoms with van der Waals surface area (Å²) in [5.74, 6) is 0.819. The van der Waals surface area contributed by atoms with Gasteiger partial charge in [0.1, 0.15) is 12.0 Å². The minimum absolute atomic E-state index is 0.0168. The first-order chi connectivity index (χ1) is 13.6. The highest BCUT2D eigenvalue weighted by Crippen LogP contribution is 2.13.